The van der Waals surface area contributed by atoms with Crippen LogP contribution < -0.4 is 5.73 Å². The Kier molecular flexibility index (Phi) is 2.93. The predicted octanol–water partition coefficient (Wildman–Crippen LogP) is 3.16. The van der Waals surface area contributed by atoms with Gasteiger partial charge in [0.05, 0.1) is 11.1 Å². The summed E-state index contributed by atoms with van der Waals surface area (Å²) in [5, 5.41) is 1.30. The number of nitrogens with zero attached hydrogens (tertiary/aromatic N) is 2. The van der Waals surface area contributed by atoms with Crippen LogP contribution in [0, 0.1) is 0 Å². The number of nitrogen functional groups attached to an aromatic ring is 1. The number of fused-ring (bicyclic) bond motifs is 1. The molecule has 19 heavy (non-hydrogen) atoms. The Hall–Kier alpha value is -1.98. The highest BCUT2D eigenvalue weighted by Crippen LogP contribution is 2.33. The van der Waals surface area contributed by atoms with Crippen LogP contribution in [0.25, 0.3) is 10.2 Å². The number of thiophene rings is 1. The standard InChI is InChI=1S/C13H8ClN3OS/c14-8-3-1-7(2-4-8)11(18)12-10(15)9-5-16-6-17-13(9)19-12/h1-6H,15H2. The molecule has 3 rings (SSSR count). The zero-order valence-electron chi connectivity index (χ0n) is 9.63. The molecule has 0 bridgehead atoms. The first-order chi connectivity index (χ1) is 9.16. The molecule has 0 atom stereocenters. The van der Waals surface area contributed by atoms with E-state index < -0.39 is 0 Å². The molecule has 3 aromatic rings. The van der Waals surface area contributed by atoms with E-state index in [2.05, 4.69) is 9.97 Å². The lowest BCUT2D eigenvalue weighted by Crippen LogP contribution is -2.01. The van der Waals surface area contributed by atoms with Crippen LogP contribution in [0.5, 0.6) is 0 Å². The van der Waals surface area contributed by atoms with Gasteiger partial charge in [0.2, 0.25) is 5.78 Å². The number of benzene rings is 1. The second kappa shape index (κ2) is 4.60. The quantitative estimate of drug-likeness (QED) is 0.736. The van der Waals surface area contributed by atoms with Gasteiger partial charge in [0.25, 0.3) is 0 Å². The third-order valence-electron chi connectivity index (χ3n) is 2.72. The summed E-state index contributed by atoms with van der Waals surface area (Å²) >= 11 is 7.08. The van der Waals surface area contributed by atoms with E-state index in [4.69, 9.17) is 17.3 Å². The predicted molar refractivity (Wildman–Crippen MR) is 76.7 cm³/mol. The van der Waals surface area contributed by atoms with Gasteiger partial charge in [-0.15, -0.1) is 11.3 Å². The van der Waals surface area contributed by atoms with Crippen LogP contribution in [0.3, 0.4) is 0 Å². The summed E-state index contributed by atoms with van der Waals surface area (Å²) in [6, 6.07) is 6.72. The number of hydrogen-bond donors (Lipinski definition) is 1. The second-order valence-corrected chi connectivity index (χ2v) is 5.36. The van der Waals surface area contributed by atoms with Crippen molar-refractivity contribution >= 4 is 44.6 Å². The maximum atomic E-state index is 12.4. The average Bonchev–Trinajstić information content (AvgIpc) is 2.77. The van der Waals surface area contributed by atoms with E-state index in [1.165, 1.54) is 17.7 Å². The summed E-state index contributed by atoms with van der Waals surface area (Å²) < 4.78 is 0. The van der Waals surface area contributed by atoms with Crippen LogP contribution in [-0.2, 0) is 0 Å². The molecule has 4 nitrogen and oxygen atoms in total. The van der Waals surface area contributed by atoms with E-state index in [0.29, 0.717) is 31.4 Å². The van der Waals surface area contributed by atoms with Gasteiger partial charge in [0.1, 0.15) is 16.0 Å². The summed E-state index contributed by atoms with van der Waals surface area (Å²) in [7, 11) is 0. The Labute approximate surface area is 117 Å². The molecule has 2 aromatic heterocycles. The van der Waals surface area contributed by atoms with Crippen molar-refractivity contribution in [2.75, 3.05) is 5.73 Å². The van der Waals surface area contributed by atoms with Crippen molar-refractivity contribution in [1.29, 1.82) is 0 Å². The summed E-state index contributed by atoms with van der Waals surface area (Å²) in [4.78, 5) is 21.6. The molecule has 94 valence electrons. The van der Waals surface area contributed by atoms with Crippen molar-refractivity contribution in [3.05, 3.63) is 52.3 Å². The molecule has 0 fully saturated rings. The summed E-state index contributed by atoms with van der Waals surface area (Å²) in [5.74, 6) is -0.128. The molecule has 0 spiro atoms. The van der Waals surface area contributed by atoms with Crippen molar-refractivity contribution in [2.24, 2.45) is 0 Å². The zero-order chi connectivity index (χ0) is 13.4. The molecule has 0 saturated heterocycles. The number of carbonyl (C=O) groups is 1. The van der Waals surface area contributed by atoms with E-state index in [9.17, 15) is 4.79 Å². The molecule has 2 N–H and O–H groups in total. The Balaban J connectivity index is 2.11. The molecule has 6 heteroatoms. The van der Waals surface area contributed by atoms with Gasteiger partial charge in [-0.05, 0) is 24.3 Å². The maximum absolute atomic E-state index is 12.4. The number of hydrogen-bond acceptors (Lipinski definition) is 5. The van der Waals surface area contributed by atoms with Crippen molar-refractivity contribution in [3.8, 4) is 0 Å². The van der Waals surface area contributed by atoms with Gasteiger partial charge in [0.15, 0.2) is 0 Å². The molecule has 0 unspecified atom stereocenters. The van der Waals surface area contributed by atoms with Crippen molar-refractivity contribution in [3.63, 3.8) is 0 Å². The highest BCUT2D eigenvalue weighted by atomic mass is 35.5. The van der Waals surface area contributed by atoms with Gasteiger partial charge in [-0.25, -0.2) is 9.97 Å². The summed E-state index contributed by atoms with van der Waals surface area (Å²) in [6.45, 7) is 0. The smallest absolute Gasteiger partial charge is 0.205 e. The molecule has 0 aliphatic heterocycles. The third kappa shape index (κ3) is 2.07. The van der Waals surface area contributed by atoms with Gasteiger partial charge in [-0.2, -0.15) is 0 Å². The van der Waals surface area contributed by atoms with Gasteiger partial charge < -0.3 is 5.73 Å². The lowest BCUT2D eigenvalue weighted by Gasteiger charge is -1.99. The van der Waals surface area contributed by atoms with Gasteiger partial charge in [0, 0.05) is 16.8 Å². The van der Waals surface area contributed by atoms with E-state index in [0.717, 1.165) is 0 Å². The third-order valence-corrected chi connectivity index (χ3v) is 4.10. The van der Waals surface area contributed by atoms with Gasteiger partial charge in [-0.1, -0.05) is 11.6 Å². The summed E-state index contributed by atoms with van der Waals surface area (Å²) in [5.41, 5.74) is 6.97. The normalized spacial score (nSPS) is 10.8. The molecule has 0 saturated carbocycles. The fourth-order valence-corrected chi connectivity index (χ4v) is 2.88. The van der Waals surface area contributed by atoms with E-state index in [-0.39, 0.29) is 5.78 Å². The van der Waals surface area contributed by atoms with Crippen molar-refractivity contribution in [1.82, 2.24) is 9.97 Å². The number of nitrogens with two attached hydrogens (primary N) is 1. The Morgan fingerprint density at radius 3 is 2.68 bits per heavy atom. The van der Waals surface area contributed by atoms with Crippen molar-refractivity contribution < 1.29 is 4.79 Å². The number of carbonyl (C=O) groups excluding carboxylic acids is 1. The first kappa shape index (κ1) is 12.1. The van der Waals surface area contributed by atoms with Crippen LogP contribution in [0.4, 0.5) is 5.69 Å². The summed E-state index contributed by atoms with van der Waals surface area (Å²) in [6.07, 6.45) is 3.06. The molecule has 1 aromatic carbocycles. The number of ketones is 1. The minimum absolute atomic E-state index is 0.128. The maximum Gasteiger partial charge on any atom is 0.205 e. The van der Waals surface area contributed by atoms with E-state index in [1.54, 1.807) is 30.5 Å². The fraction of sp³-hybridized carbons (Fsp3) is 0. The highest BCUT2D eigenvalue weighted by Gasteiger charge is 2.18. The van der Waals surface area contributed by atoms with Crippen LogP contribution in [0.2, 0.25) is 5.02 Å². The molecule has 2 heterocycles. The zero-order valence-corrected chi connectivity index (χ0v) is 11.2. The lowest BCUT2D eigenvalue weighted by atomic mass is 10.1. The van der Waals surface area contributed by atoms with E-state index >= 15 is 0 Å². The molecular formula is C13H8ClN3OS. The first-order valence-electron chi connectivity index (χ1n) is 5.45. The van der Waals surface area contributed by atoms with E-state index in [1.807, 2.05) is 0 Å². The highest BCUT2D eigenvalue weighted by molar-refractivity contribution is 7.21. The molecule has 0 aliphatic carbocycles. The largest absolute Gasteiger partial charge is 0.397 e. The molecule has 0 radical (unpaired) electrons. The minimum atomic E-state index is -0.128. The molecule has 0 aliphatic rings. The fourth-order valence-electron chi connectivity index (χ4n) is 1.76. The average molecular weight is 290 g/mol. The number of rotatable bonds is 2. The minimum Gasteiger partial charge on any atom is -0.397 e. The topological polar surface area (TPSA) is 68.9 Å². The van der Waals surface area contributed by atoms with Crippen LogP contribution in [0.1, 0.15) is 15.2 Å². The molecular weight excluding hydrogens is 282 g/mol. The van der Waals surface area contributed by atoms with Crippen LogP contribution in [-0.4, -0.2) is 15.8 Å². The molecule has 0 amide bonds. The Morgan fingerprint density at radius 1 is 1.26 bits per heavy atom. The second-order valence-electron chi connectivity index (χ2n) is 3.92. The number of halogens is 1. The lowest BCUT2D eigenvalue weighted by molar-refractivity contribution is 0.104. The number of aromatic nitrogens is 2. The Morgan fingerprint density at radius 2 is 2.00 bits per heavy atom. The monoisotopic (exact) mass is 289 g/mol. The van der Waals surface area contributed by atoms with Gasteiger partial charge >= 0.3 is 0 Å². The van der Waals surface area contributed by atoms with Crippen LogP contribution >= 0.6 is 22.9 Å². The number of anilines is 1. The first-order valence-corrected chi connectivity index (χ1v) is 6.64. The Bertz CT molecular complexity index is 767. The van der Waals surface area contributed by atoms with Crippen LogP contribution in [0.15, 0.2) is 36.8 Å². The van der Waals surface area contributed by atoms with Gasteiger partial charge in [-0.3, -0.25) is 4.79 Å². The van der Waals surface area contributed by atoms with Crippen molar-refractivity contribution in [2.45, 2.75) is 0 Å². The SMILES string of the molecule is Nc1c(C(=O)c2ccc(Cl)cc2)sc2ncncc12.